The minimum absolute atomic E-state index is 0. The van der Waals surface area contributed by atoms with Gasteiger partial charge in [0.05, 0.1) is 10.5 Å². The van der Waals surface area contributed by atoms with Gasteiger partial charge in [-0.3, -0.25) is 9.36 Å². The van der Waals surface area contributed by atoms with E-state index in [1.54, 1.807) is 12.1 Å². The molecule has 2 aromatic carbocycles. The summed E-state index contributed by atoms with van der Waals surface area (Å²) in [6.07, 6.45) is 0.891. The summed E-state index contributed by atoms with van der Waals surface area (Å²) in [4.78, 5) is 24.2. The summed E-state index contributed by atoms with van der Waals surface area (Å²) in [6.45, 7) is 0.543. The van der Waals surface area contributed by atoms with Crippen molar-refractivity contribution in [2.24, 2.45) is 0 Å². The van der Waals surface area contributed by atoms with Crippen LogP contribution in [0.3, 0.4) is 0 Å². The molecular weight excluding hydrogens is 410 g/mol. The van der Waals surface area contributed by atoms with Crippen LogP contribution in [-0.4, -0.2) is 57.8 Å². The maximum atomic E-state index is 12.4. The summed E-state index contributed by atoms with van der Waals surface area (Å²) in [5, 5.41) is 13.7. The van der Waals surface area contributed by atoms with Crippen molar-refractivity contribution in [1.82, 2.24) is 9.88 Å². The van der Waals surface area contributed by atoms with Gasteiger partial charge in [-0.05, 0) is 29.7 Å². The number of carboxylic acid groups (broad SMARTS) is 1. The predicted octanol–water partition coefficient (Wildman–Crippen LogP) is 4.15. The fourth-order valence-corrected chi connectivity index (χ4v) is 4.07. The second-order valence-electron chi connectivity index (χ2n) is 6.20. The van der Waals surface area contributed by atoms with Crippen LogP contribution in [0.4, 0.5) is 4.79 Å². The van der Waals surface area contributed by atoms with Crippen LogP contribution >= 0.6 is 23.2 Å². The molecule has 4 rings (SSSR count). The number of nitrogens with one attached hydrogen (secondary N) is 1. The summed E-state index contributed by atoms with van der Waals surface area (Å²) in [6, 6.07) is 12.5. The number of aromatic nitrogens is 1. The third-order valence-corrected chi connectivity index (χ3v) is 5.11. The van der Waals surface area contributed by atoms with Gasteiger partial charge in [0.2, 0.25) is 5.91 Å². The Bertz CT molecular complexity index is 1120. The molecule has 2 N–H and O–H groups in total. The van der Waals surface area contributed by atoms with Gasteiger partial charge in [-0.25, -0.2) is 4.79 Å². The first-order chi connectivity index (χ1) is 13.0. The van der Waals surface area contributed by atoms with Crippen LogP contribution in [-0.2, 0) is 4.79 Å². The molecule has 0 spiro atoms. The summed E-state index contributed by atoms with van der Waals surface area (Å²) >= 11 is 12.5. The monoisotopic (exact) mass is 424 g/mol. The number of carbonyl (C=O) groups excluding carboxylic acids is 1. The molecule has 1 fully saturated rings. The average molecular weight is 425 g/mol. The van der Waals surface area contributed by atoms with Crippen molar-refractivity contribution in [3.05, 3.63) is 75.4 Å². The Morgan fingerprint density at radius 3 is 2.46 bits per heavy atom. The molecule has 5 nitrogen and oxygen atoms in total. The molecule has 3 aromatic rings. The third kappa shape index (κ3) is 3.61. The number of benzene rings is 2. The van der Waals surface area contributed by atoms with Gasteiger partial charge in [-0.1, -0.05) is 53.5 Å². The quantitative estimate of drug-likeness (QED) is 0.479. The number of hydrogen-bond acceptors (Lipinski definition) is 2. The average Bonchev–Trinajstić information content (AvgIpc) is 3.21. The van der Waals surface area contributed by atoms with Crippen LogP contribution < -0.4 is 5.32 Å². The van der Waals surface area contributed by atoms with Gasteiger partial charge < -0.3 is 10.4 Å². The van der Waals surface area contributed by atoms with Crippen LogP contribution in [0.2, 0.25) is 10.0 Å². The minimum atomic E-state index is -1.15. The van der Waals surface area contributed by atoms with Crippen molar-refractivity contribution in [3.8, 4) is 0 Å². The molecule has 1 saturated heterocycles. The Balaban J connectivity index is 0.00000225. The number of fused-ring (bicyclic) bond motifs is 1. The van der Waals surface area contributed by atoms with Gasteiger partial charge in [0.15, 0.2) is 0 Å². The second-order valence-corrected chi connectivity index (χ2v) is 7.05. The van der Waals surface area contributed by atoms with Gasteiger partial charge in [0, 0.05) is 34.3 Å². The standard InChI is InChI=1S/C20H14Cl2N2O3.Na.H/c21-12-8-15(22)18-14(10-24(20(26)27)16(18)9-12)17(11-4-2-1-3-5-11)13-6-7-23-19(13)25;;/h1-5,8-10H,6-7H2,(H,23,25)(H,26,27);;. The number of hydrogen-bond donors (Lipinski definition) is 2. The Kier molecular flexibility index (Phi) is 6.22. The third-order valence-electron chi connectivity index (χ3n) is 4.60. The van der Waals surface area contributed by atoms with Crippen LogP contribution in [0.5, 0.6) is 0 Å². The Hall–Kier alpha value is -1.76. The van der Waals surface area contributed by atoms with E-state index in [2.05, 4.69) is 5.32 Å². The fraction of sp³-hybridized carbons (Fsp3) is 0.100. The van der Waals surface area contributed by atoms with Crippen LogP contribution in [0.15, 0.2) is 54.2 Å². The number of amides is 1. The summed E-state index contributed by atoms with van der Waals surface area (Å²) in [5.41, 5.74) is 3.08. The molecule has 0 saturated carbocycles. The topological polar surface area (TPSA) is 71.3 Å². The molecule has 1 amide bonds. The van der Waals surface area contributed by atoms with Gasteiger partial charge in [0.1, 0.15) is 0 Å². The zero-order valence-electron chi connectivity index (χ0n) is 14.0. The molecule has 0 radical (unpaired) electrons. The van der Waals surface area contributed by atoms with Crippen molar-refractivity contribution < 1.29 is 14.7 Å². The van der Waals surface area contributed by atoms with Gasteiger partial charge in [-0.15, -0.1) is 0 Å². The van der Waals surface area contributed by atoms with E-state index in [-0.39, 0.29) is 35.5 Å². The molecule has 0 atom stereocenters. The van der Waals surface area contributed by atoms with Gasteiger partial charge in [0.25, 0.3) is 0 Å². The van der Waals surface area contributed by atoms with Crippen LogP contribution in [0, 0.1) is 0 Å². The molecular formula is C20H15Cl2N2NaO3. The van der Waals surface area contributed by atoms with E-state index in [4.69, 9.17) is 23.2 Å². The summed E-state index contributed by atoms with van der Waals surface area (Å²) < 4.78 is 1.08. The van der Waals surface area contributed by atoms with E-state index in [0.717, 1.165) is 10.1 Å². The van der Waals surface area contributed by atoms with Crippen molar-refractivity contribution >= 4 is 81.2 Å². The number of halogens is 2. The molecule has 1 aliphatic rings. The Morgan fingerprint density at radius 1 is 1.14 bits per heavy atom. The maximum absolute atomic E-state index is 12.4. The van der Waals surface area contributed by atoms with Crippen molar-refractivity contribution in [1.29, 1.82) is 0 Å². The predicted molar refractivity (Wildman–Crippen MR) is 113 cm³/mol. The normalized spacial score (nSPS) is 15.3. The molecule has 0 unspecified atom stereocenters. The molecule has 1 aliphatic heterocycles. The summed E-state index contributed by atoms with van der Waals surface area (Å²) in [7, 11) is 0. The summed E-state index contributed by atoms with van der Waals surface area (Å²) in [5.74, 6) is -0.157. The Labute approximate surface area is 193 Å². The van der Waals surface area contributed by atoms with Crippen LogP contribution in [0.25, 0.3) is 16.5 Å². The van der Waals surface area contributed by atoms with Crippen molar-refractivity contribution in [2.75, 3.05) is 6.54 Å². The van der Waals surface area contributed by atoms with E-state index in [1.807, 2.05) is 30.3 Å². The zero-order chi connectivity index (χ0) is 19.1. The first-order valence-electron chi connectivity index (χ1n) is 8.28. The van der Waals surface area contributed by atoms with E-state index in [0.29, 0.717) is 50.6 Å². The SMILES string of the molecule is O=C1NCCC1=C(c1ccccc1)c1cn(C(=O)O)c2cc(Cl)cc(Cl)c12.[NaH]. The van der Waals surface area contributed by atoms with Gasteiger partial charge >= 0.3 is 35.7 Å². The molecule has 0 aliphatic carbocycles. The molecule has 8 heteroatoms. The second kappa shape index (κ2) is 8.31. The molecule has 28 heavy (non-hydrogen) atoms. The van der Waals surface area contributed by atoms with Crippen molar-refractivity contribution in [3.63, 3.8) is 0 Å². The number of nitrogens with zero attached hydrogens (tertiary/aromatic N) is 1. The van der Waals surface area contributed by atoms with E-state index in [1.165, 1.54) is 6.20 Å². The first kappa shape index (κ1) is 21.0. The molecule has 138 valence electrons. The van der Waals surface area contributed by atoms with Gasteiger partial charge in [-0.2, -0.15) is 0 Å². The van der Waals surface area contributed by atoms with E-state index >= 15 is 0 Å². The molecule has 2 heterocycles. The molecule has 0 bridgehead atoms. The number of carbonyl (C=O) groups is 2. The van der Waals surface area contributed by atoms with Crippen LogP contribution in [0.1, 0.15) is 17.5 Å². The van der Waals surface area contributed by atoms with E-state index in [9.17, 15) is 14.7 Å². The molecule has 1 aromatic heterocycles. The number of rotatable bonds is 2. The fourth-order valence-electron chi connectivity index (χ4n) is 3.48. The van der Waals surface area contributed by atoms with Crippen molar-refractivity contribution in [2.45, 2.75) is 6.42 Å². The zero-order valence-corrected chi connectivity index (χ0v) is 15.5. The Morgan fingerprint density at radius 2 is 1.86 bits per heavy atom. The first-order valence-corrected chi connectivity index (χ1v) is 9.03. The van der Waals surface area contributed by atoms with E-state index < -0.39 is 6.09 Å².